The van der Waals surface area contributed by atoms with Crippen LogP contribution in [0, 0.1) is 12.8 Å². The fourth-order valence-corrected chi connectivity index (χ4v) is 5.30. The van der Waals surface area contributed by atoms with E-state index < -0.39 is 23.3 Å². The number of hydrogen-bond acceptors (Lipinski definition) is 5. The van der Waals surface area contributed by atoms with Crippen molar-refractivity contribution in [1.29, 1.82) is 0 Å². The van der Waals surface area contributed by atoms with Crippen LogP contribution in [0.15, 0.2) is 41.2 Å². The number of aromatic amines is 1. The molecule has 1 saturated carbocycles. The van der Waals surface area contributed by atoms with Gasteiger partial charge in [-0.1, -0.05) is 0 Å². The largest absolute Gasteiger partial charge is 0.416 e. The number of amides is 1. The molecule has 1 aliphatic heterocycles. The Morgan fingerprint density at radius 3 is 2.54 bits per heavy atom. The summed E-state index contributed by atoms with van der Waals surface area (Å²) in [7, 11) is 0. The van der Waals surface area contributed by atoms with Crippen LogP contribution in [0.1, 0.15) is 53.1 Å². The first kappa shape index (κ1) is 23.3. The number of carbonyl (C=O) groups is 1. The van der Waals surface area contributed by atoms with Gasteiger partial charge in [-0.05, 0) is 68.7 Å². The highest BCUT2D eigenvalue weighted by Crippen LogP contribution is 2.39. The molecule has 5 rings (SSSR count). The molecule has 35 heavy (non-hydrogen) atoms. The molecule has 1 saturated heterocycles. The molecule has 3 aromatic rings. The van der Waals surface area contributed by atoms with E-state index in [1.165, 1.54) is 13.0 Å². The Bertz CT molecular complexity index is 1350. The first-order chi connectivity index (χ1) is 16.5. The van der Waals surface area contributed by atoms with Gasteiger partial charge in [0.05, 0.1) is 22.6 Å². The molecule has 2 fully saturated rings. The van der Waals surface area contributed by atoms with Crippen molar-refractivity contribution in [3.63, 3.8) is 0 Å². The monoisotopic (exact) mass is 486 g/mol. The lowest BCUT2D eigenvalue weighted by Gasteiger charge is -2.29. The lowest BCUT2D eigenvalue weighted by Crippen LogP contribution is -2.41. The number of nitrogens with one attached hydrogen (secondary N) is 2. The summed E-state index contributed by atoms with van der Waals surface area (Å²) in [5, 5.41) is 13.0. The van der Waals surface area contributed by atoms with Crippen molar-refractivity contribution in [2.75, 3.05) is 11.9 Å². The van der Waals surface area contributed by atoms with Crippen LogP contribution in [0.25, 0.3) is 10.9 Å². The van der Waals surface area contributed by atoms with Gasteiger partial charge in [0.25, 0.3) is 11.5 Å². The summed E-state index contributed by atoms with van der Waals surface area (Å²) in [5.74, 6) is 0.254. The number of halogens is 3. The van der Waals surface area contributed by atoms with E-state index in [1.807, 2.05) is 0 Å². The van der Waals surface area contributed by atoms with E-state index in [-0.39, 0.29) is 46.3 Å². The summed E-state index contributed by atoms with van der Waals surface area (Å²) < 4.78 is 41.6. The lowest BCUT2D eigenvalue weighted by atomic mass is 9.98. The van der Waals surface area contributed by atoms with Gasteiger partial charge < -0.3 is 20.3 Å². The number of rotatable bonds is 4. The summed E-state index contributed by atoms with van der Waals surface area (Å²) >= 11 is 0. The van der Waals surface area contributed by atoms with Crippen molar-refractivity contribution in [3.8, 4) is 0 Å². The van der Waals surface area contributed by atoms with Crippen molar-refractivity contribution in [2.45, 2.75) is 51.1 Å². The molecular weight excluding hydrogens is 461 g/mol. The van der Waals surface area contributed by atoms with Gasteiger partial charge >= 0.3 is 6.18 Å². The number of alkyl halides is 3. The minimum atomic E-state index is -4.63. The van der Waals surface area contributed by atoms with E-state index in [0.717, 1.165) is 12.5 Å². The van der Waals surface area contributed by atoms with Crippen LogP contribution in [0.2, 0.25) is 0 Å². The Hall–Kier alpha value is -3.40. The van der Waals surface area contributed by atoms with Gasteiger partial charge in [0.2, 0.25) is 0 Å². The average molecular weight is 486 g/mol. The number of aryl methyl sites for hydroxylation is 1. The number of piperidine rings is 1. The third kappa shape index (κ3) is 4.27. The summed E-state index contributed by atoms with van der Waals surface area (Å²) in [5.41, 5.74) is -0.425. The minimum absolute atomic E-state index is 0.0134. The van der Waals surface area contributed by atoms with E-state index in [4.69, 9.17) is 0 Å². The Kier molecular flexibility index (Phi) is 5.58. The molecular formula is C25H25F3N4O3. The maximum absolute atomic E-state index is 13.9. The van der Waals surface area contributed by atoms with Gasteiger partial charge in [0, 0.05) is 35.8 Å². The smallest absolute Gasteiger partial charge is 0.393 e. The number of H-pyrrole nitrogens is 1. The molecule has 0 radical (unpaired) electrons. The standard InChI is InChI=1S/C25H25F3N4O3/c1-12(18-9-19-21(10-20(18)25(26,27)28)30-13(2)31-23(19)34)29-16-5-3-14(4-6-16)24(35)32-11-15-7-17(32)8-22(15)33/h3-6,9-10,12,15,17,22,29,33H,7-8,11H2,1-2H3,(H,30,31,34). The summed E-state index contributed by atoms with van der Waals surface area (Å²) in [4.78, 5) is 33.6. The summed E-state index contributed by atoms with van der Waals surface area (Å²) in [6.07, 6.45) is -3.56. The maximum atomic E-state index is 13.9. The van der Waals surface area contributed by atoms with Crippen molar-refractivity contribution in [1.82, 2.24) is 14.9 Å². The predicted octanol–water partition coefficient (Wildman–Crippen LogP) is 4.02. The zero-order valence-corrected chi connectivity index (χ0v) is 19.2. The molecule has 10 heteroatoms. The van der Waals surface area contributed by atoms with E-state index in [0.29, 0.717) is 24.2 Å². The van der Waals surface area contributed by atoms with E-state index in [9.17, 15) is 27.9 Å². The first-order valence-electron chi connectivity index (χ1n) is 11.5. The number of hydrogen-bond donors (Lipinski definition) is 3. The number of nitrogens with zero attached hydrogens (tertiary/aromatic N) is 2. The zero-order chi connectivity index (χ0) is 25.1. The quantitative estimate of drug-likeness (QED) is 0.518. The minimum Gasteiger partial charge on any atom is -0.393 e. The predicted molar refractivity (Wildman–Crippen MR) is 124 cm³/mol. The van der Waals surface area contributed by atoms with Gasteiger partial charge in [-0.15, -0.1) is 0 Å². The normalized spacial score (nSPS) is 22.6. The lowest BCUT2D eigenvalue weighted by molar-refractivity contribution is -0.138. The van der Waals surface area contributed by atoms with Gasteiger partial charge in [-0.2, -0.15) is 13.2 Å². The number of likely N-dealkylation sites (tertiary alicyclic amines) is 1. The van der Waals surface area contributed by atoms with Crippen LogP contribution >= 0.6 is 0 Å². The molecule has 2 bridgehead atoms. The average Bonchev–Trinajstić information content (AvgIpc) is 3.37. The highest BCUT2D eigenvalue weighted by molar-refractivity contribution is 5.95. The second kappa shape index (κ2) is 8.37. The summed E-state index contributed by atoms with van der Waals surface area (Å²) in [6, 6.07) is 8.00. The molecule has 4 unspecified atom stereocenters. The molecule has 2 aliphatic rings. The molecule has 7 nitrogen and oxygen atoms in total. The van der Waals surface area contributed by atoms with Crippen molar-refractivity contribution in [2.24, 2.45) is 5.92 Å². The van der Waals surface area contributed by atoms with Gasteiger partial charge in [-0.25, -0.2) is 4.98 Å². The van der Waals surface area contributed by atoms with Crippen LogP contribution < -0.4 is 10.9 Å². The van der Waals surface area contributed by atoms with Crippen LogP contribution in [0.5, 0.6) is 0 Å². The Labute approximate surface area is 199 Å². The Balaban J connectivity index is 1.38. The first-order valence-corrected chi connectivity index (χ1v) is 11.5. The second-order valence-electron chi connectivity index (χ2n) is 9.46. The molecule has 1 aromatic heterocycles. The van der Waals surface area contributed by atoms with Crippen LogP contribution in [-0.2, 0) is 6.18 Å². The highest BCUT2D eigenvalue weighted by Gasteiger charge is 2.45. The SMILES string of the molecule is Cc1nc2cc(C(F)(F)F)c(C(C)Nc3ccc(C(=O)N4CC5CC4CC5O)cc3)cc2c(=O)[nH]1. The van der Waals surface area contributed by atoms with Crippen LogP contribution in [0.4, 0.5) is 18.9 Å². The molecule has 184 valence electrons. The molecule has 1 amide bonds. The molecule has 1 aliphatic carbocycles. The number of aromatic nitrogens is 2. The van der Waals surface area contributed by atoms with Crippen LogP contribution in [0.3, 0.4) is 0 Å². The van der Waals surface area contributed by atoms with E-state index in [1.54, 1.807) is 36.1 Å². The number of benzene rings is 2. The zero-order valence-electron chi connectivity index (χ0n) is 19.2. The van der Waals surface area contributed by atoms with E-state index >= 15 is 0 Å². The summed E-state index contributed by atoms with van der Waals surface area (Å²) in [6.45, 7) is 3.63. The topological polar surface area (TPSA) is 98.3 Å². The molecule has 0 spiro atoms. The molecule has 2 aromatic carbocycles. The van der Waals surface area contributed by atoms with Crippen LogP contribution in [-0.4, -0.2) is 44.6 Å². The fourth-order valence-electron chi connectivity index (χ4n) is 5.30. The van der Waals surface area contributed by atoms with E-state index in [2.05, 4.69) is 15.3 Å². The maximum Gasteiger partial charge on any atom is 0.416 e. The highest BCUT2D eigenvalue weighted by atomic mass is 19.4. The number of fused-ring (bicyclic) bond motifs is 3. The second-order valence-corrected chi connectivity index (χ2v) is 9.46. The third-order valence-electron chi connectivity index (χ3n) is 7.05. The fraction of sp³-hybridized carbons (Fsp3) is 0.400. The number of anilines is 1. The third-order valence-corrected chi connectivity index (χ3v) is 7.05. The van der Waals surface area contributed by atoms with Crippen molar-refractivity contribution in [3.05, 3.63) is 69.3 Å². The molecule has 3 N–H and O–H groups in total. The van der Waals surface area contributed by atoms with Crippen molar-refractivity contribution >= 4 is 22.5 Å². The molecule has 2 heterocycles. The van der Waals surface area contributed by atoms with Gasteiger partial charge in [-0.3, -0.25) is 9.59 Å². The molecule has 4 atom stereocenters. The Morgan fingerprint density at radius 2 is 1.94 bits per heavy atom. The van der Waals surface area contributed by atoms with Gasteiger partial charge in [0.15, 0.2) is 0 Å². The number of aliphatic hydroxyl groups is 1. The number of aliphatic hydroxyl groups excluding tert-OH is 1. The number of carbonyl (C=O) groups excluding carboxylic acids is 1. The Morgan fingerprint density at radius 1 is 1.23 bits per heavy atom. The van der Waals surface area contributed by atoms with Gasteiger partial charge in [0.1, 0.15) is 5.82 Å². The van der Waals surface area contributed by atoms with Crippen molar-refractivity contribution < 1.29 is 23.1 Å².